The maximum Gasteiger partial charge on any atom is 0.336 e. The van der Waals surface area contributed by atoms with Crippen molar-refractivity contribution in [3.05, 3.63) is 88.3 Å². The summed E-state index contributed by atoms with van der Waals surface area (Å²) in [4.78, 5) is 27.1. The molecule has 6 heteroatoms. The number of ether oxygens (including phenoxy) is 2. The fourth-order valence-electron chi connectivity index (χ4n) is 4.19. The molecule has 5 nitrogen and oxygen atoms in total. The van der Waals surface area contributed by atoms with Crippen LogP contribution in [0.3, 0.4) is 0 Å². The summed E-state index contributed by atoms with van der Waals surface area (Å²) in [7, 11) is 1.36. The van der Waals surface area contributed by atoms with Crippen LogP contribution in [-0.4, -0.2) is 31.9 Å². The zero-order chi connectivity index (χ0) is 23.8. The number of allylic oxidation sites excluding steroid dienone is 2. The maximum atomic E-state index is 13.2. The number of hydrogen-bond donors (Lipinski definition) is 1. The lowest BCUT2D eigenvalue weighted by atomic mass is 9.79. The van der Waals surface area contributed by atoms with Crippen LogP contribution in [0.1, 0.15) is 43.7 Å². The molecule has 1 heterocycles. The van der Waals surface area contributed by atoms with Crippen LogP contribution in [0.15, 0.2) is 82.0 Å². The lowest BCUT2D eigenvalue weighted by Gasteiger charge is -2.31. The normalized spacial score (nSPS) is 15.8. The third-order valence-corrected chi connectivity index (χ3v) is 6.43. The number of thioether (sulfide) groups is 1. The highest BCUT2D eigenvalue weighted by molar-refractivity contribution is 7.98. The van der Waals surface area contributed by atoms with Crippen molar-refractivity contribution in [1.82, 2.24) is 5.32 Å². The number of rotatable bonds is 9. The van der Waals surface area contributed by atoms with Gasteiger partial charge in [0.1, 0.15) is 0 Å². The van der Waals surface area contributed by atoms with E-state index in [2.05, 4.69) is 17.4 Å². The lowest BCUT2D eigenvalue weighted by Crippen LogP contribution is -2.33. The minimum Gasteiger partial charge on any atom is -0.466 e. The van der Waals surface area contributed by atoms with E-state index in [1.807, 2.05) is 55.6 Å². The average Bonchev–Trinajstić information content (AvgIpc) is 2.84. The first-order valence-corrected chi connectivity index (χ1v) is 12.4. The predicted octanol–water partition coefficient (Wildman–Crippen LogP) is 5.38. The summed E-state index contributed by atoms with van der Waals surface area (Å²) in [5.41, 5.74) is 4.53. The Kier molecular flexibility index (Phi) is 8.78. The molecular formula is C27H31NO4S. The lowest BCUT2D eigenvalue weighted by molar-refractivity contribution is -0.139. The van der Waals surface area contributed by atoms with Crippen molar-refractivity contribution >= 4 is 23.7 Å². The van der Waals surface area contributed by atoms with Gasteiger partial charge in [0.05, 0.1) is 30.8 Å². The molecule has 0 aliphatic carbocycles. The van der Waals surface area contributed by atoms with Crippen molar-refractivity contribution in [2.45, 2.75) is 43.9 Å². The third kappa shape index (κ3) is 5.88. The van der Waals surface area contributed by atoms with Gasteiger partial charge < -0.3 is 14.8 Å². The molecule has 0 saturated carbocycles. The topological polar surface area (TPSA) is 64.6 Å². The standard InChI is InChI=1S/C27H31NO4S/c1-5-32-27(30)25-22(16-9-13-19-11-7-6-8-12-19)28-18(2)23(26(29)31-3)24(25)20-14-10-15-21(17-20)33-4/h6-8,10-12,14-15,17,24,28H,5,9,13,16H2,1-4H3. The number of dihydropyridines is 1. The Labute approximate surface area is 200 Å². The summed E-state index contributed by atoms with van der Waals surface area (Å²) >= 11 is 1.62. The predicted molar refractivity (Wildman–Crippen MR) is 132 cm³/mol. The Morgan fingerprint density at radius 3 is 2.42 bits per heavy atom. The van der Waals surface area contributed by atoms with E-state index >= 15 is 0 Å². The van der Waals surface area contributed by atoms with Crippen molar-refractivity contribution in [2.75, 3.05) is 20.0 Å². The summed E-state index contributed by atoms with van der Waals surface area (Å²) in [6, 6.07) is 18.2. The van der Waals surface area contributed by atoms with E-state index in [9.17, 15) is 9.59 Å². The quantitative estimate of drug-likeness (QED) is 0.396. The summed E-state index contributed by atoms with van der Waals surface area (Å²) in [5.74, 6) is -1.42. The molecule has 2 aromatic carbocycles. The molecule has 0 amide bonds. The van der Waals surface area contributed by atoms with E-state index in [0.717, 1.165) is 29.0 Å². The van der Waals surface area contributed by atoms with Gasteiger partial charge in [0.15, 0.2) is 0 Å². The van der Waals surface area contributed by atoms with Crippen molar-refractivity contribution in [2.24, 2.45) is 0 Å². The Hall–Kier alpha value is -2.99. The number of esters is 2. The first-order valence-electron chi connectivity index (χ1n) is 11.1. The van der Waals surface area contributed by atoms with Gasteiger partial charge in [-0.2, -0.15) is 0 Å². The second-order valence-corrected chi connectivity index (χ2v) is 8.70. The number of nitrogens with one attached hydrogen (secondary N) is 1. The van der Waals surface area contributed by atoms with E-state index in [0.29, 0.717) is 23.3 Å². The fourth-order valence-corrected chi connectivity index (χ4v) is 4.66. The van der Waals surface area contributed by atoms with Crippen LogP contribution in [0.25, 0.3) is 0 Å². The molecule has 1 atom stereocenters. The van der Waals surface area contributed by atoms with Crippen molar-refractivity contribution < 1.29 is 19.1 Å². The van der Waals surface area contributed by atoms with Gasteiger partial charge in [-0.05, 0) is 62.6 Å². The highest BCUT2D eigenvalue weighted by Crippen LogP contribution is 2.41. The first kappa shape index (κ1) is 24.6. The fraction of sp³-hybridized carbons (Fsp3) is 0.333. The molecule has 1 N–H and O–H groups in total. The largest absolute Gasteiger partial charge is 0.466 e. The summed E-state index contributed by atoms with van der Waals surface area (Å²) in [6.45, 7) is 3.90. The molecule has 1 aliphatic heterocycles. The number of carbonyl (C=O) groups excluding carboxylic acids is 2. The van der Waals surface area contributed by atoms with Crippen molar-refractivity contribution in [1.29, 1.82) is 0 Å². The molecule has 0 fully saturated rings. The van der Waals surface area contributed by atoms with Gasteiger partial charge >= 0.3 is 11.9 Å². The smallest absolute Gasteiger partial charge is 0.336 e. The average molecular weight is 466 g/mol. The second kappa shape index (κ2) is 11.8. The van der Waals surface area contributed by atoms with E-state index in [4.69, 9.17) is 9.47 Å². The molecule has 33 heavy (non-hydrogen) atoms. The minimum atomic E-state index is -0.559. The molecule has 174 valence electrons. The van der Waals surface area contributed by atoms with Gasteiger partial charge in [-0.25, -0.2) is 9.59 Å². The number of aryl methyl sites for hydroxylation is 1. The summed E-state index contributed by atoms with van der Waals surface area (Å²) < 4.78 is 10.6. The van der Waals surface area contributed by atoms with Gasteiger partial charge in [0, 0.05) is 16.3 Å². The molecule has 0 radical (unpaired) electrons. The highest BCUT2D eigenvalue weighted by atomic mass is 32.2. The highest BCUT2D eigenvalue weighted by Gasteiger charge is 2.38. The molecule has 3 rings (SSSR count). The van der Waals surface area contributed by atoms with Crippen LogP contribution in [0.5, 0.6) is 0 Å². The number of carbonyl (C=O) groups is 2. The van der Waals surface area contributed by atoms with Crippen LogP contribution < -0.4 is 5.32 Å². The van der Waals surface area contributed by atoms with E-state index in [-0.39, 0.29) is 6.61 Å². The molecule has 0 bridgehead atoms. The third-order valence-electron chi connectivity index (χ3n) is 5.71. The van der Waals surface area contributed by atoms with Crippen molar-refractivity contribution in [3.63, 3.8) is 0 Å². The van der Waals surface area contributed by atoms with Gasteiger partial charge in [-0.15, -0.1) is 11.8 Å². The van der Waals surface area contributed by atoms with E-state index < -0.39 is 17.9 Å². The van der Waals surface area contributed by atoms with Crippen molar-refractivity contribution in [3.8, 4) is 0 Å². The minimum absolute atomic E-state index is 0.257. The van der Waals surface area contributed by atoms with E-state index in [1.165, 1.54) is 12.7 Å². The van der Waals surface area contributed by atoms with Crippen LogP contribution in [-0.2, 0) is 25.5 Å². The molecule has 0 spiro atoms. The Bertz CT molecular complexity index is 1060. The number of methoxy groups -OCH3 is 1. The number of hydrogen-bond acceptors (Lipinski definition) is 6. The summed E-state index contributed by atoms with van der Waals surface area (Å²) in [6.07, 6.45) is 4.41. The van der Waals surface area contributed by atoms with Crippen LogP contribution in [0, 0.1) is 0 Å². The zero-order valence-corrected chi connectivity index (χ0v) is 20.5. The second-order valence-electron chi connectivity index (χ2n) is 7.82. The molecule has 2 aromatic rings. The maximum absolute atomic E-state index is 13.2. The molecule has 1 unspecified atom stereocenters. The SMILES string of the molecule is CCOC(=O)C1=C(CCCc2ccccc2)NC(C)=C(C(=O)OC)C1c1cccc(SC)c1. The molecule has 0 aromatic heterocycles. The first-order chi connectivity index (χ1) is 16.0. The molecular weight excluding hydrogens is 434 g/mol. The Morgan fingerprint density at radius 1 is 1.00 bits per heavy atom. The van der Waals surface area contributed by atoms with Crippen LogP contribution in [0.2, 0.25) is 0 Å². The number of benzene rings is 2. The van der Waals surface area contributed by atoms with Crippen LogP contribution in [0.4, 0.5) is 0 Å². The van der Waals surface area contributed by atoms with Crippen LogP contribution >= 0.6 is 11.8 Å². The Morgan fingerprint density at radius 2 is 1.76 bits per heavy atom. The monoisotopic (exact) mass is 465 g/mol. The van der Waals surface area contributed by atoms with Gasteiger partial charge in [-0.1, -0.05) is 42.5 Å². The zero-order valence-electron chi connectivity index (χ0n) is 19.6. The van der Waals surface area contributed by atoms with Gasteiger partial charge in [-0.3, -0.25) is 0 Å². The summed E-state index contributed by atoms with van der Waals surface area (Å²) in [5, 5.41) is 3.34. The Balaban J connectivity index is 2.06. The molecule has 0 saturated heterocycles. The van der Waals surface area contributed by atoms with Gasteiger partial charge in [0.25, 0.3) is 0 Å². The van der Waals surface area contributed by atoms with Gasteiger partial charge in [0.2, 0.25) is 0 Å². The molecule has 1 aliphatic rings. The van der Waals surface area contributed by atoms with E-state index in [1.54, 1.807) is 18.7 Å².